The normalized spacial score (nSPS) is 11.4. The van der Waals surface area contributed by atoms with E-state index in [4.69, 9.17) is 24.4 Å². The van der Waals surface area contributed by atoms with Crippen LogP contribution in [0.5, 0.6) is 0 Å². The SMILES string of the molecule is c1ccc(-c2cccc(-c3nc(-c4ccc5cnc(-c6ccccc6)cc5c4)nc(-c4cccc5oc6ccccc6c45)n3)c2)cc1. The van der Waals surface area contributed by atoms with Crippen molar-refractivity contribution in [2.24, 2.45) is 0 Å². The van der Waals surface area contributed by atoms with Gasteiger partial charge in [-0.15, -0.1) is 0 Å². The summed E-state index contributed by atoms with van der Waals surface area (Å²) in [5.74, 6) is 1.79. The summed E-state index contributed by atoms with van der Waals surface area (Å²) in [5, 5.41) is 4.13. The molecule has 5 heteroatoms. The van der Waals surface area contributed by atoms with E-state index in [1.165, 1.54) is 0 Å². The van der Waals surface area contributed by atoms with Gasteiger partial charge in [0.2, 0.25) is 0 Å². The molecule has 0 aliphatic rings. The zero-order valence-corrected chi connectivity index (χ0v) is 25.2. The zero-order valence-electron chi connectivity index (χ0n) is 25.2. The summed E-state index contributed by atoms with van der Waals surface area (Å²) in [6, 6.07) is 51.5. The molecule has 0 aliphatic carbocycles. The molecule has 0 bridgehead atoms. The van der Waals surface area contributed by atoms with Gasteiger partial charge >= 0.3 is 0 Å². The lowest BCUT2D eigenvalue weighted by molar-refractivity contribution is 0.669. The predicted octanol–water partition coefficient (Wildman–Crippen LogP) is 10.7. The first-order valence-corrected chi connectivity index (χ1v) is 15.5. The number of pyridine rings is 1. The molecule has 0 aliphatic heterocycles. The van der Waals surface area contributed by atoms with Crippen molar-refractivity contribution < 1.29 is 4.42 Å². The standard InChI is InChI=1S/C42H26N4O/c1-3-11-27(12-4-1)29-15-9-16-30(23-29)40-44-41(31-21-22-32-26-43-36(25-33(32)24-31)28-13-5-2-6-14-28)46-42(45-40)35-18-10-20-38-39(35)34-17-7-8-19-37(34)47-38/h1-26H. The lowest BCUT2D eigenvalue weighted by Crippen LogP contribution is -2.00. The van der Waals surface area contributed by atoms with Crippen LogP contribution in [0.25, 0.3) is 89.3 Å². The molecule has 9 aromatic rings. The Balaban J connectivity index is 1.25. The van der Waals surface area contributed by atoms with Gasteiger partial charge in [0.05, 0.1) is 5.69 Å². The summed E-state index contributed by atoms with van der Waals surface area (Å²) in [6.07, 6.45) is 1.92. The lowest BCUT2D eigenvalue weighted by Gasteiger charge is -2.11. The Bertz CT molecular complexity index is 2580. The van der Waals surface area contributed by atoms with Gasteiger partial charge in [0.15, 0.2) is 17.5 Å². The highest BCUT2D eigenvalue weighted by molar-refractivity contribution is 6.11. The van der Waals surface area contributed by atoms with Crippen LogP contribution in [0.3, 0.4) is 0 Å². The van der Waals surface area contributed by atoms with Crippen molar-refractivity contribution in [3.8, 4) is 56.5 Å². The van der Waals surface area contributed by atoms with E-state index in [0.717, 1.165) is 71.8 Å². The van der Waals surface area contributed by atoms with Crippen LogP contribution >= 0.6 is 0 Å². The van der Waals surface area contributed by atoms with Gasteiger partial charge in [-0.05, 0) is 46.8 Å². The van der Waals surface area contributed by atoms with E-state index in [0.29, 0.717) is 17.5 Å². The van der Waals surface area contributed by atoms with Crippen molar-refractivity contribution in [1.29, 1.82) is 0 Å². The van der Waals surface area contributed by atoms with E-state index in [-0.39, 0.29) is 0 Å². The van der Waals surface area contributed by atoms with Gasteiger partial charge in [0.1, 0.15) is 11.2 Å². The van der Waals surface area contributed by atoms with E-state index in [2.05, 4.69) is 97.1 Å². The fraction of sp³-hybridized carbons (Fsp3) is 0. The highest BCUT2D eigenvalue weighted by Gasteiger charge is 2.18. The maximum absolute atomic E-state index is 6.23. The van der Waals surface area contributed by atoms with Crippen LogP contribution in [0.1, 0.15) is 0 Å². The molecule has 0 atom stereocenters. The van der Waals surface area contributed by atoms with Crippen molar-refractivity contribution in [3.05, 3.63) is 158 Å². The average molecular weight is 603 g/mol. The summed E-state index contributed by atoms with van der Waals surface area (Å²) in [5.41, 5.74) is 8.56. The Morgan fingerprint density at radius 2 is 1.04 bits per heavy atom. The topological polar surface area (TPSA) is 64.7 Å². The van der Waals surface area contributed by atoms with Crippen LogP contribution in [-0.4, -0.2) is 19.9 Å². The second kappa shape index (κ2) is 11.2. The molecule has 3 aromatic heterocycles. The number of hydrogen-bond donors (Lipinski definition) is 0. The van der Waals surface area contributed by atoms with Crippen molar-refractivity contribution in [1.82, 2.24) is 19.9 Å². The van der Waals surface area contributed by atoms with Gasteiger partial charge in [-0.3, -0.25) is 4.98 Å². The van der Waals surface area contributed by atoms with Crippen LogP contribution in [0, 0.1) is 0 Å². The van der Waals surface area contributed by atoms with Crippen LogP contribution in [0.15, 0.2) is 162 Å². The van der Waals surface area contributed by atoms with Crippen molar-refractivity contribution in [3.63, 3.8) is 0 Å². The highest BCUT2D eigenvalue weighted by Crippen LogP contribution is 2.37. The first kappa shape index (κ1) is 26.9. The van der Waals surface area contributed by atoms with E-state index < -0.39 is 0 Å². The fourth-order valence-corrected chi connectivity index (χ4v) is 6.23. The summed E-state index contributed by atoms with van der Waals surface area (Å²) in [6.45, 7) is 0. The number of nitrogens with zero attached hydrogens (tertiary/aromatic N) is 4. The number of hydrogen-bond acceptors (Lipinski definition) is 5. The van der Waals surface area contributed by atoms with E-state index in [1.54, 1.807) is 0 Å². The first-order chi connectivity index (χ1) is 23.3. The molecule has 6 aromatic carbocycles. The summed E-state index contributed by atoms with van der Waals surface area (Å²) in [7, 11) is 0. The monoisotopic (exact) mass is 602 g/mol. The van der Waals surface area contributed by atoms with Crippen molar-refractivity contribution >= 4 is 32.7 Å². The second-order valence-electron chi connectivity index (χ2n) is 11.5. The number of rotatable bonds is 5. The molecule has 0 saturated heterocycles. The number of fused-ring (bicyclic) bond motifs is 4. The Hall–Kier alpha value is -6.46. The van der Waals surface area contributed by atoms with Gasteiger partial charge in [0, 0.05) is 44.6 Å². The number of aromatic nitrogens is 4. The summed E-state index contributed by atoms with van der Waals surface area (Å²) < 4.78 is 6.23. The van der Waals surface area contributed by atoms with Gasteiger partial charge in [0.25, 0.3) is 0 Å². The van der Waals surface area contributed by atoms with Gasteiger partial charge in [-0.1, -0.05) is 121 Å². The Morgan fingerprint density at radius 3 is 1.87 bits per heavy atom. The Labute approximate surface area is 270 Å². The van der Waals surface area contributed by atoms with Gasteiger partial charge in [-0.2, -0.15) is 0 Å². The zero-order chi connectivity index (χ0) is 31.2. The molecule has 0 N–H and O–H groups in total. The largest absolute Gasteiger partial charge is 0.456 e. The molecule has 0 radical (unpaired) electrons. The summed E-state index contributed by atoms with van der Waals surface area (Å²) in [4.78, 5) is 20.0. The average Bonchev–Trinajstić information content (AvgIpc) is 3.54. The van der Waals surface area contributed by atoms with Crippen LogP contribution in [-0.2, 0) is 0 Å². The molecule has 5 nitrogen and oxygen atoms in total. The molecule has 3 heterocycles. The molecule has 0 spiro atoms. The van der Waals surface area contributed by atoms with Crippen LogP contribution in [0.2, 0.25) is 0 Å². The molecule has 9 rings (SSSR count). The van der Waals surface area contributed by atoms with E-state index >= 15 is 0 Å². The molecule has 0 fully saturated rings. The molecular formula is C42H26N4O. The predicted molar refractivity (Wildman–Crippen MR) is 190 cm³/mol. The maximum atomic E-state index is 6.23. The molecule has 0 saturated carbocycles. The fourth-order valence-electron chi connectivity index (χ4n) is 6.23. The molecule has 0 unspecified atom stereocenters. The molecule has 0 amide bonds. The summed E-state index contributed by atoms with van der Waals surface area (Å²) >= 11 is 0. The number of benzene rings is 6. The number of furan rings is 1. The maximum Gasteiger partial charge on any atom is 0.164 e. The third kappa shape index (κ3) is 4.91. The first-order valence-electron chi connectivity index (χ1n) is 15.5. The smallest absolute Gasteiger partial charge is 0.164 e. The van der Waals surface area contributed by atoms with Crippen LogP contribution < -0.4 is 0 Å². The quantitative estimate of drug-likeness (QED) is 0.196. The van der Waals surface area contributed by atoms with Crippen LogP contribution in [0.4, 0.5) is 0 Å². The lowest BCUT2D eigenvalue weighted by atomic mass is 10.0. The minimum atomic E-state index is 0.590. The third-order valence-electron chi connectivity index (χ3n) is 8.56. The number of para-hydroxylation sites is 1. The van der Waals surface area contributed by atoms with E-state index in [1.807, 2.05) is 60.8 Å². The Morgan fingerprint density at radius 1 is 0.404 bits per heavy atom. The minimum absolute atomic E-state index is 0.590. The minimum Gasteiger partial charge on any atom is -0.456 e. The molecular weight excluding hydrogens is 576 g/mol. The van der Waals surface area contributed by atoms with Gasteiger partial charge < -0.3 is 4.42 Å². The molecule has 47 heavy (non-hydrogen) atoms. The third-order valence-corrected chi connectivity index (χ3v) is 8.56. The van der Waals surface area contributed by atoms with Crippen molar-refractivity contribution in [2.45, 2.75) is 0 Å². The molecule has 220 valence electrons. The Kier molecular flexibility index (Phi) is 6.39. The van der Waals surface area contributed by atoms with Gasteiger partial charge in [-0.25, -0.2) is 15.0 Å². The van der Waals surface area contributed by atoms with E-state index in [9.17, 15) is 0 Å². The second-order valence-corrected chi connectivity index (χ2v) is 11.5. The highest BCUT2D eigenvalue weighted by atomic mass is 16.3. The van der Waals surface area contributed by atoms with Crippen molar-refractivity contribution in [2.75, 3.05) is 0 Å².